The largest absolute Gasteiger partial charge is 0.489 e. The highest BCUT2D eigenvalue weighted by atomic mass is 19.1. The van der Waals surface area contributed by atoms with E-state index in [1.165, 1.54) is 6.33 Å². The Kier molecular flexibility index (Phi) is 7.42. The van der Waals surface area contributed by atoms with Crippen molar-refractivity contribution in [3.05, 3.63) is 42.0 Å². The van der Waals surface area contributed by atoms with Crippen molar-refractivity contribution in [3.8, 4) is 5.75 Å². The third kappa shape index (κ3) is 5.61. The van der Waals surface area contributed by atoms with Crippen LogP contribution in [0.4, 0.5) is 16.0 Å². The van der Waals surface area contributed by atoms with Crippen LogP contribution in [0, 0.1) is 5.82 Å². The fourth-order valence-electron chi connectivity index (χ4n) is 4.65. The molecule has 2 aliphatic rings. The van der Waals surface area contributed by atoms with Gasteiger partial charge in [-0.05, 0) is 43.4 Å². The van der Waals surface area contributed by atoms with Crippen molar-refractivity contribution in [3.63, 3.8) is 0 Å². The predicted molar refractivity (Wildman–Crippen MR) is 126 cm³/mol. The molecule has 0 bridgehead atoms. The van der Waals surface area contributed by atoms with Gasteiger partial charge in [-0.15, -0.1) is 0 Å². The van der Waals surface area contributed by atoms with Gasteiger partial charge < -0.3 is 24.1 Å². The Hall–Kier alpha value is -2.74. The summed E-state index contributed by atoms with van der Waals surface area (Å²) in [5.41, 5.74) is 1.12. The van der Waals surface area contributed by atoms with Gasteiger partial charge in [-0.1, -0.05) is 19.1 Å². The zero-order valence-electron chi connectivity index (χ0n) is 19.7. The molecule has 178 valence electrons. The Bertz CT molecular complexity index is 949. The van der Waals surface area contributed by atoms with Crippen LogP contribution in [-0.2, 0) is 9.53 Å². The third-order valence-corrected chi connectivity index (χ3v) is 6.56. The molecular weight excluding hydrogens is 423 g/mol. The highest BCUT2D eigenvalue weighted by molar-refractivity contribution is 5.76. The van der Waals surface area contributed by atoms with Gasteiger partial charge in [0.2, 0.25) is 5.82 Å². The molecule has 0 radical (unpaired) electrons. The minimum Gasteiger partial charge on any atom is -0.489 e. The molecule has 2 aromatic rings. The van der Waals surface area contributed by atoms with Crippen molar-refractivity contribution in [1.82, 2.24) is 9.97 Å². The first-order valence-electron chi connectivity index (χ1n) is 11.7. The Morgan fingerprint density at radius 1 is 1.30 bits per heavy atom. The predicted octanol–water partition coefficient (Wildman–Crippen LogP) is 3.97. The van der Waals surface area contributed by atoms with Crippen molar-refractivity contribution < 1.29 is 18.7 Å². The van der Waals surface area contributed by atoms with Gasteiger partial charge in [-0.3, -0.25) is 0 Å². The van der Waals surface area contributed by atoms with E-state index in [1.54, 1.807) is 6.92 Å². The highest BCUT2D eigenvalue weighted by Gasteiger charge is 2.30. The second-order valence-corrected chi connectivity index (χ2v) is 9.17. The van der Waals surface area contributed by atoms with E-state index < -0.39 is 5.82 Å². The maximum absolute atomic E-state index is 15.4. The number of halogens is 1. The van der Waals surface area contributed by atoms with Gasteiger partial charge in [0.25, 0.3) is 0 Å². The Morgan fingerprint density at radius 3 is 2.79 bits per heavy atom. The minimum atomic E-state index is -0.393. The lowest BCUT2D eigenvalue weighted by Gasteiger charge is -2.32. The van der Waals surface area contributed by atoms with E-state index in [4.69, 9.17) is 9.47 Å². The lowest BCUT2D eigenvalue weighted by Crippen LogP contribution is -2.39. The number of nitrogens with zero attached hydrogens (tertiary/aromatic N) is 4. The number of carbonyl (C=O) groups is 1. The fourth-order valence-corrected chi connectivity index (χ4v) is 4.65. The standard InChI is InChI=1S/C25H33FN4O3/c1-17(13-18(2)31)19-6-8-21(9-7-19)33-22-10-11-30(14-22)25-23(26)24(27-16-28-25)29(3)20-5-4-12-32-15-20/h6-9,16-17,20,22H,4-5,10-15H2,1-3H3/t17-,20?,22-/m1/s1. The van der Waals surface area contributed by atoms with E-state index in [1.807, 2.05) is 41.1 Å². The number of ether oxygens (including phenoxy) is 2. The van der Waals surface area contributed by atoms with E-state index in [9.17, 15) is 4.79 Å². The van der Waals surface area contributed by atoms with Crippen molar-refractivity contribution in [2.75, 3.05) is 43.2 Å². The molecule has 7 nitrogen and oxygen atoms in total. The molecule has 1 unspecified atom stereocenters. The number of aromatic nitrogens is 2. The monoisotopic (exact) mass is 456 g/mol. The van der Waals surface area contributed by atoms with Gasteiger partial charge in [0.1, 0.15) is 24.0 Å². The molecule has 0 N–H and O–H groups in total. The molecule has 0 amide bonds. The summed E-state index contributed by atoms with van der Waals surface area (Å²) in [6.07, 6.45) is 4.63. The highest BCUT2D eigenvalue weighted by Crippen LogP contribution is 2.30. The SMILES string of the molecule is CC(=O)C[C@@H](C)c1ccc(O[C@@H]2CCN(c3ncnc(N(C)C4CCCOC4)c3F)C2)cc1. The van der Waals surface area contributed by atoms with Gasteiger partial charge in [0.15, 0.2) is 11.6 Å². The van der Waals surface area contributed by atoms with Crippen LogP contribution in [-0.4, -0.2) is 61.2 Å². The van der Waals surface area contributed by atoms with Crippen molar-refractivity contribution in [2.45, 2.75) is 57.6 Å². The number of carbonyl (C=O) groups excluding carboxylic acids is 1. The average molecular weight is 457 g/mol. The van der Waals surface area contributed by atoms with Gasteiger partial charge in [0, 0.05) is 33.0 Å². The van der Waals surface area contributed by atoms with Gasteiger partial charge in [0.05, 0.1) is 19.2 Å². The minimum absolute atomic E-state index is 0.0483. The lowest BCUT2D eigenvalue weighted by atomic mass is 9.96. The van der Waals surface area contributed by atoms with Crippen LogP contribution in [0.15, 0.2) is 30.6 Å². The lowest BCUT2D eigenvalue weighted by molar-refractivity contribution is -0.117. The normalized spacial score (nSPS) is 21.6. The number of benzene rings is 1. The topological polar surface area (TPSA) is 67.8 Å². The summed E-state index contributed by atoms with van der Waals surface area (Å²) in [7, 11) is 1.87. The van der Waals surface area contributed by atoms with Crippen LogP contribution in [0.2, 0.25) is 0 Å². The number of ketones is 1. The number of Topliss-reactive ketones (excluding diaryl/α,β-unsaturated/α-hetero) is 1. The molecule has 0 spiro atoms. The summed E-state index contributed by atoms with van der Waals surface area (Å²) < 4.78 is 27.1. The van der Waals surface area contributed by atoms with E-state index in [2.05, 4.69) is 16.9 Å². The maximum atomic E-state index is 15.4. The molecule has 1 aromatic carbocycles. The molecule has 3 atom stereocenters. The van der Waals surface area contributed by atoms with Crippen molar-refractivity contribution in [1.29, 1.82) is 0 Å². The van der Waals surface area contributed by atoms with Gasteiger partial charge in [-0.2, -0.15) is 4.39 Å². The molecule has 2 fully saturated rings. The summed E-state index contributed by atoms with van der Waals surface area (Å²) in [6.45, 7) is 6.24. The summed E-state index contributed by atoms with van der Waals surface area (Å²) in [4.78, 5) is 23.6. The molecular formula is C25H33FN4O3. The van der Waals surface area contributed by atoms with Gasteiger partial charge in [-0.25, -0.2) is 9.97 Å². The van der Waals surface area contributed by atoms with Crippen molar-refractivity contribution in [2.24, 2.45) is 0 Å². The van der Waals surface area contributed by atoms with E-state index in [0.29, 0.717) is 37.8 Å². The molecule has 4 rings (SSSR count). The number of rotatable bonds is 8. The van der Waals surface area contributed by atoms with Crippen LogP contribution >= 0.6 is 0 Å². The number of hydrogen-bond acceptors (Lipinski definition) is 7. The average Bonchev–Trinajstić information content (AvgIpc) is 3.27. The molecule has 33 heavy (non-hydrogen) atoms. The molecule has 8 heteroatoms. The second-order valence-electron chi connectivity index (χ2n) is 9.17. The maximum Gasteiger partial charge on any atom is 0.208 e. The van der Waals surface area contributed by atoms with E-state index >= 15 is 4.39 Å². The first kappa shape index (κ1) is 23.4. The van der Waals surface area contributed by atoms with Crippen LogP contribution < -0.4 is 14.5 Å². The van der Waals surface area contributed by atoms with Gasteiger partial charge >= 0.3 is 0 Å². The van der Waals surface area contributed by atoms with E-state index in [-0.39, 0.29) is 23.8 Å². The van der Waals surface area contributed by atoms with Crippen molar-refractivity contribution >= 4 is 17.4 Å². The zero-order chi connectivity index (χ0) is 23.4. The fraction of sp³-hybridized carbons (Fsp3) is 0.560. The summed E-state index contributed by atoms with van der Waals surface area (Å²) in [6, 6.07) is 8.03. The summed E-state index contributed by atoms with van der Waals surface area (Å²) in [5, 5.41) is 0. The number of anilines is 2. The van der Waals surface area contributed by atoms with Crippen LogP contribution in [0.1, 0.15) is 51.0 Å². The van der Waals surface area contributed by atoms with E-state index in [0.717, 1.165) is 37.2 Å². The summed E-state index contributed by atoms with van der Waals surface area (Å²) in [5.74, 6) is 1.40. The molecule has 0 saturated carbocycles. The second kappa shape index (κ2) is 10.5. The molecule has 2 saturated heterocycles. The Balaban J connectivity index is 1.38. The molecule has 2 aliphatic heterocycles. The quantitative estimate of drug-likeness (QED) is 0.595. The third-order valence-electron chi connectivity index (χ3n) is 6.56. The smallest absolute Gasteiger partial charge is 0.208 e. The Labute approximate surface area is 194 Å². The van der Waals surface area contributed by atoms with Crippen LogP contribution in [0.5, 0.6) is 5.75 Å². The molecule has 1 aromatic heterocycles. The number of hydrogen-bond donors (Lipinski definition) is 0. The molecule has 0 aliphatic carbocycles. The first-order valence-corrected chi connectivity index (χ1v) is 11.7. The zero-order valence-corrected chi connectivity index (χ0v) is 19.7. The van der Waals surface area contributed by atoms with Crippen LogP contribution in [0.3, 0.4) is 0 Å². The van der Waals surface area contributed by atoms with Crippen LogP contribution in [0.25, 0.3) is 0 Å². The summed E-state index contributed by atoms with van der Waals surface area (Å²) >= 11 is 0. The number of likely N-dealkylation sites (N-methyl/N-ethyl adjacent to an activating group) is 1. The Morgan fingerprint density at radius 2 is 2.09 bits per heavy atom. The molecule has 3 heterocycles. The first-order chi connectivity index (χ1) is 15.9.